The summed E-state index contributed by atoms with van der Waals surface area (Å²) in [6.45, 7) is 0.239. The molecule has 2 saturated heterocycles. The topological polar surface area (TPSA) is 109 Å². The van der Waals surface area contributed by atoms with Crippen LogP contribution < -0.4 is 9.64 Å². The molecule has 0 saturated carbocycles. The van der Waals surface area contributed by atoms with Crippen LogP contribution in [0.5, 0.6) is 11.5 Å². The van der Waals surface area contributed by atoms with Gasteiger partial charge in [-0.1, -0.05) is 60.7 Å². The average molecular weight is 627 g/mol. The first-order valence-electron chi connectivity index (χ1n) is 16.0. The van der Waals surface area contributed by atoms with Crippen molar-refractivity contribution in [1.82, 2.24) is 4.98 Å². The van der Waals surface area contributed by atoms with Gasteiger partial charge in [-0.2, -0.15) is 0 Å². The zero-order valence-electron chi connectivity index (χ0n) is 25.8. The lowest BCUT2D eigenvalue weighted by atomic mass is 9.58. The van der Waals surface area contributed by atoms with Crippen molar-refractivity contribution in [3.05, 3.63) is 132 Å². The van der Waals surface area contributed by atoms with Gasteiger partial charge in [0, 0.05) is 11.8 Å². The maximum Gasteiger partial charge on any atom is 0.455 e. The van der Waals surface area contributed by atoms with Crippen LogP contribution in [0.15, 0.2) is 120 Å². The first-order chi connectivity index (χ1) is 23.0. The van der Waals surface area contributed by atoms with Crippen molar-refractivity contribution in [2.45, 2.75) is 31.7 Å². The fourth-order valence-corrected chi connectivity index (χ4v) is 7.33. The molecule has 4 aromatic rings. The number of carbonyl (C=O) groups excluding carboxylic acids is 2. The maximum absolute atomic E-state index is 14.1. The smallest absolute Gasteiger partial charge is 0.455 e. The quantitative estimate of drug-likeness (QED) is 0.130. The van der Waals surface area contributed by atoms with Crippen molar-refractivity contribution in [3.8, 4) is 11.5 Å². The number of ether oxygens (including phenoxy) is 1. The number of phenolic OH excluding ortho intramolecular Hbond substituents is 1. The Balaban J connectivity index is 1.24. The molecule has 1 aliphatic carbocycles. The lowest BCUT2D eigenvalue weighted by Gasteiger charge is -2.43. The predicted molar refractivity (Wildman–Crippen MR) is 180 cm³/mol. The second-order valence-electron chi connectivity index (χ2n) is 12.2. The van der Waals surface area contributed by atoms with Crippen molar-refractivity contribution < 1.29 is 29.1 Å². The third kappa shape index (κ3) is 6.24. The average Bonchev–Trinajstić information content (AvgIpc) is 3.36. The van der Waals surface area contributed by atoms with Crippen molar-refractivity contribution in [2.24, 2.45) is 17.8 Å². The summed E-state index contributed by atoms with van der Waals surface area (Å²) in [5.41, 5.74) is 4.75. The van der Waals surface area contributed by atoms with E-state index in [1.54, 1.807) is 30.5 Å². The van der Waals surface area contributed by atoms with E-state index < -0.39 is 25.1 Å². The summed E-state index contributed by atoms with van der Waals surface area (Å²) in [5, 5.41) is 21.6. The minimum atomic E-state index is -1.10. The molecular weight excluding hydrogens is 591 g/mol. The van der Waals surface area contributed by atoms with Crippen LogP contribution in [0.1, 0.15) is 30.5 Å². The molecule has 3 heterocycles. The number of benzene rings is 3. The molecule has 1 aromatic heterocycles. The van der Waals surface area contributed by atoms with Crippen LogP contribution >= 0.6 is 0 Å². The van der Waals surface area contributed by atoms with Gasteiger partial charge in [0.2, 0.25) is 11.8 Å². The van der Waals surface area contributed by atoms with Crippen LogP contribution in [0.3, 0.4) is 0 Å². The highest BCUT2D eigenvalue weighted by molar-refractivity contribution is 6.43. The molecule has 0 unspecified atom stereocenters. The molecule has 0 radical (unpaired) electrons. The molecule has 8 nitrogen and oxygen atoms in total. The van der Waals surface area contributed by atoms with Crippen molar-refractivity contribution in [1.29, 1.82) is 0 Å². The molecule has 3 aliphatic rings. The first kappa shape index (κ1) is 30.7. The predicted octanol–water partition coefficient (Wildman–Crippen LogP) is 6.19. The summed E-state index contributed by atoms with van der Waals surface area (Å²) in [6.07, 6.45) is 4.71. The van der Waals surface area contributed by atoms with Gasteiger partial charge in [-0.05, 0) is 96.8 Å². The zero-order chi connectivity index (χ0) is 32.3. The van der Waals surface area contributed by atoms with Crippen LogP contribution in [0, 0.1) is 17.8 Å². The molecule has 236 valence electrons. The summed E-state index contributed by atoms with van der Waals surface area (Å²) >= 11 is 0. The summed E-state index contributed by atoms with van der Waals surface area (Å²) in [6, 6.07) is 31.4. The first-order valence-corrected chi connectivity index (χ1v) is 16.0. The molecule has 2 fully saturated rings. The van der Waals surface area contributed by atoms with E-state index in [9.17, 15) is 19.7 Å². The number of carbonyl (C=O) groups is 2. The minimum absolute atomic E-state index is 0.166. The van der Waals surface area contributed by atoms with Gasteiger partial charge in [-0.25, -0.2) is 0 Å². The van der Waals surface area contributed by atoms with Gasteiger partial charge in [-0.3, -0.25) is 19.5 Å². The Morgan fingerprint density at radius 3 is 2.38 bits per heavy atom. The van der Waals surface area contributed by atoms with Crippen LogP contribution in [0.2, 0.25) is 6.32 Å². The van der Waals surface area contributed by atoms with E-state index in [0.717, 1.165) is 22.4 Å². The third-order valence-electron chi connectivity index (χ3n) is 9.41. The monoisotopic (exact) mass is 626 g/mol. The number of nitrogens with zero attached hydrogens (tertiary/aromatic N) is 2. The Hall–Kier alpha value is -4.99. The number of allylic oxidation sites excluding steroid dienone is 1. The van der Waals surface area contributed by atoms with Crippen molar-refractivity contribution >= 4 is 36.3 Å². The zero-order valence-corrected chi connectivity index (χ0v) is 25.8. The lowest BCUT2D eigenvalue weighted by Crippen LogP contribution is -2.46. The third-order valence-corrected chi connectivity index (χ3v) is 9.41. The second-order valence-corrected chi connectivity index (χ2v) is 12.2. The van der Waals surface area contributed by atoms with Crippen LogP contribution in [-0.4, -0.2) is 46.8 Å². The molecule has 47 heavy (non-hydrogen) atoms. The molecule has 2 aliphatic heterocycles. The normalized spacial score (nSPS) is 22.7. The fourth-order valence-electron chi connectivity index (χ4n) is 7.33. The number of phenols is 1. The second kappa shape index (κ2) is 13.4. The van der Waals surface area contributed by atoms with Crippen molar-refractivity contribution in [2.75, 3.05) is 11.5 Å². The largest absolute Gasteiger partial charge is 0.507 e. The number of para-hydroxylation sites is 3. The SMILES string of the molecule is O=C1[C@@H]2[C@@H](CC(COc3ccccc3)=C3[C@@H](CC/C(=C/c4ccccc4O)c4ccccn4)OB(O)C[C@@H]32)C(=O)N1c1ccccc1. The van der Waals surface area contributed by atoms with Gasteiger partial charge in [0.15, 0.2) is 0 Å². The molecule has 0 spiro atoms. The van der Waals surface area contributed by atoms with Gasteiger partial charge in [0.25, 0.3) is 0 Å². The van der Waals surface area contributed by atoms with Crippen molar-refractivity contribution in [3.63, 3.8) is 0 Å². The highest BCUT2D eigenvalue weighted by atomic mass is 16.5. The number of aromatic nitrogens is 1. The summed E-state index contributed by atoms with van der Waals surface area (Å²) in [7, 11) is -1.10. The number of hydrogen-bond donors (Lipinski definition) is 2. The summed E-state index contributed by atoms with van der Waals surface area (Å²) in [4.78, 5) is 33.9. The molecule has 7 rings (SSSR count). The van der Waals surface area contributed by atoms with E-state index >= 15 is 0 Å². The van der Waals surface area contributed by atoms with E-state index in [1.807, 2.05) is 84.9 Å². The highest BCUT2D eigenvalue weighted by Gasteiger charge is 2.57. The van der Waals surface area contributed by atoms with E-state index in [1.165, 1.54) is 4.90 Å². The van der Waals surface area contributed by atoms with Gasteiger partial charge in [-0.15, -0.1) is 0 Å². The number of fused-ring (bicyclic) bond motifs is 3. The van der Waals surface area contributed by atoms with Gasteiger partial charge in [0.1, 0.15) is 18.1 Å². The number of rotatable bonds is 9. The molecular formula is C38H35BN2O6. The number of pyridine rings is 1. The molecule has 3 aromatic carbocycles. The van der Waals surface area contributed by atoms with Crippen LogP contribution in [0.25, 0.3) is 11.6 Å². The fraction of sp³-hybridized carbons (Fsp3) is 0.237. The van der Waals surface area contributed by atoms with Gasteiger partial charge >= 0.3 is 7.12 Å². The van der Waals surface area contributed by atoms with Gasteiger partial charge < -0.3 is 19.5 Å². The Kier molecular flexibility index (Phi) is 8.74. The van der Waals surface area contributed by atoms with E-state index in [-0.39, 0.29) is 36.4 Å². The maximum atomic E-state index is 14.1. The number of aromatic hydroxyl groups is 1. The van der Waals surface area contributed by atoms with Crippen LogP contribution in [0.4, 0.5) is 5.69 Å². The number of imide groups is 1. The lowest BCUT2D eigenvalue weighted by molar-refractivity contribution is -0.122. The minimum Gasteiger partial charge on any atom is -0.507 e. The number of hydrogen-bond acceptors (Lipinski definition) is 7. The van der Waals surface area contributed by atoms with E-state index in [0.29, 0.717) is 36.3 Å². The summed E-state index contributed by atoms with van der Waals surface area (Å²) in [5.74, 6) is -1.13. The van der Waals surface area contributed by atoms with Crippen LogP contribution in [-0.2, 0) is 14.2 Å². The Labute approximate surface area is 274 Å². The van der Waals surface area contributed by atoms with E-state index in [4.69, 9.17) is 9.39 Å². The molecule has 0 bridgehead atoms. The van der Waals surface area contributed by atoms with E-state index in [2.05, 4.69) is 4.98 Å². The van der Waals surface area contributed by atoms with Gasteiger partial charge in [0.05, 0.1) is 29.3 Å². The summed E-state index contributed by atoms with van der Waals surface area (Å²) < 4.78 is 12.5. The number of anilines is 1. The standard InChI is InChI=1S/C38H35BN2O6/c42-33-17-8-7-11-26(33)21-25(32-16-9-10-20-40-32)18-19-34-35-27(24-46-29-14-5-2-6-15-29)22-30-36(31(35)23-39(45)47-34)38(44)41(37(30)43)28-12-3-1-4-13-28/h1-17,20-21,30-31,34,36,42,45H,18-19,22-24H2/b25-21-/t30-,31+,34-,36-/m1/s1. The molecule has 4 atom stereocenters. The molecule has 2 amide bonds. The molecule has 9 heteroatoms. The highest BCUT2D eigenvalue weighted by Crippen LogP contribution is 2.51. The Morgan fingerprint density at radius 1 is 0.915 bits per heavy atom. The Morgan fingerprint density at radius 2 is 1.64 bits per heavy atom. The Bertz CT molecular complexity index is 1810. The number of amides is 2. The molecule has 2 N–H and O–H groups in total.